The summed E-state index contributed by atoms with van der Waals surface area (Å²) in [6, 6.07) is 4.11. The number of allylic oxidation sites excluding steroid dienone is 1. The van der Waals surface area contributed by atoms with Gasteiger partial charge >= 0.3 is 0 Å². The number of hydrogen-bond donors (Lipinski definition) is 1. The molecule has 0 unspecified atom stereocenters. The average Bonchev–Trinajstić information content (AvgIpc) is 2.40. The van der Waals surface area contributed by atoms with Gasteiger partial charge in [0, 0.05) is 12.7 Å². The molecular formula is C16H21N3. The van der Waals surface area contributed by atoms with Crippen LogP contribution >= 0.6 is 0 Å². The molecule has 4 fully saturated rings. The number of nitriles is 2. The second-order valence-corrected chi connectivity index (χ2v) is 6.62. The fraction of sp³-hybridized carbons (Fsp3) is 0.750. The van der Waals surface area contributed by atoms with Crippen LogP contribution in [0.25, 0.3) is 0 Å². The smallest absolute Gasteiger partial charge is 0.0973 e. The van der Waals surface area contributed by atoms with Crippen molar-refractivity contribution < 1.29 is 0 Å². The highest BCUT2D eigenvalue weighted by atomic mass is 14.8. The quantitative estimate of drug-likeness (QED) is 0.786. The standard InChI is InChI=1S/C16H21N3/c17-2-1-11(8-18)9-19-10-16-14-4-12-3-13(6-14)7-15(16)5-12/h9,12-16,19H,1,3-7,10H2/b11-9-. The molecule has 4 rings (SSSR count). The van der Waals surface area contributed by atoms with Crippen molar-refractivity contribution in [1.82, 2.24) is 5.32 Å². The summed E-state index contributed by atoms with van der Waals surface area (Å²) in [6.45, 7) is 0.991. The highest BCUT2D eigenvalue weighted by Crippen LogP contribution is 2.56. The third-order valence-electron chi connectivity index (χ3n) is 5.46. The molecule has 3 heteroatoms. The molecule has 0 aromatic carbocycles. The Hall–Kier alpha value is -1.48. The minimum Gasteiger partial charge on any atom is -0.390 e. The second kappa shape index (κ2) is 5.25. The lowest BCUT2D eigenvalue weighted by atomic mass is 9.52. The van der Waals surface area contributed by atoms with Crippen LogP contribution in [0.3, 0.4) is 0 Å². The minimum absolute atomic E-state index is 0.213. The van der Waals surface area contributed by atoms with Gasteiger partial charge < -0.3 is 5.32 Å². The van der Waals surface area contributed by atoms with Gasteiger partial charge in [0.1, 0.15) is 0 Å². The maximum absolute atomic E-state index is 8.89. The summed E-state index contributed by atoms with van der Waals surface area (Å²) in [5, 5.41) is 20.8. The summed E-state index contributed by atoms with van der Waals surface area (Å²) in [4.78, 5) is 0. The van der Waals surface area contributed by atoms with E-state index in [1.807, 2.05) is 6.07 Å². The van der Waals surface area contributed by atoms with Crippen LogP contribution in [-0.2, 0) is 0 Å². The molecule has 100 valence electrons. The topological polar surface area (TPSA) is 59.6 Å². The molecule has 0 aromatic heterocycles. The second-order valence-electron chi connectivity index (χ2n) is 6.62. The average molecular weight is 255 g/mol. The third kappa shape index (κ3) is 2.47. The van der Waals surface area contributed by atoms with Crippen LogP contribution in [0.2, 0.25) is 0 Å². The molecule has 0 atom stereocenters. The fourth-order valence-corrected chi connectivity index (χ4v) is 4.90. The summed E-state index contributed by atoms with van der Waals surface area (Å²) < 4.78 is 0. The molecule has 0 heterocycles. The predicted octanol–water partition coefficient (Wildman–Crippen LogP) is 2.97. The lowest BCUT2D eigenvalue weighted by molar-refractivity contribution is -0.0343. The molecule has 0 spiro atoms. The summed E-state index contributed by atoms with van der Waals surface area (Å²) in [6.07, 6.45) is 9.21. The van der Waals surface area contributed by atoms with Crippen LogP contribution in [0.5, 0.6) is 0 Å². The van der Waals surface area contributed by atoms with E-state index in [0.717, 1.165) is 36.1 Å². The largest absolute Gasteiger partial charge is 0.390 e. The number of rotatable bonds is 4. The van der Waals surface area contributed by atoms with Gasteiger partial charge in [0.25, 0.3) is 0 Å². The van der Waals surface area contributed by atoms with Crippen molar-refractivity contribution in [3.8, 4) is 12.1 Å². The van der Waals surface area contributed by atoms with Gasteiger partial charge in [0.05, 0.1) is 24.1 Å². The van der Waals surface area contributed by atoms with Crippen molar-refractivity contribution in [3.63, 3.8) is 0 Å². The van der Waals surface area contributed by atoms with Crippen LogP contribution in [-0.4, -0.2) is 6.54 Å². The first-order chi connectivity index (χ1) is 9.30. The Balaban J connectivity index is 1.57. The Labute approximate surface area is 115 Å². The molecule has 4 aliphatic carbocycles. The zero-order chi connectivity index (χ0) is 13.2. The molecule has 4 aliphatic rings. The molecule has 0 radical (unpaired) electrons. The highest BCUT2D eigenvalue weighted by Gasteiger charge is 2.47. The van der Waals surface area contributed by atoms with Crippen LogP contribution in [0.4, 0.5) is 0 Å². The van der Waals surface area contributed by atoms with Crippen LogP contribution < -0.4 is 5.32 Å². The van der Waals surface area contributed by atoms with E-state index < -0.39 is 0 Å². The van der Waals surface area contributed by atoms with E-state index in [1.54, 1.807) is 6.20 Å². The highest BCUT2D eigenvalue weighted by molar-refractivity contribution is 5.23. The van der Waals surface area contributed by atoms with Crippen molar-refractivity contribution in [1.29, 1.82) is 10.5 Å². The molecule has 0 amide bonds. The van der Waals surface area contributed by atoms with E-state index in [4.69, 9.17) is 10.5 Å². The Kier molecular flexibility index (Phi) is 3.47. The lowest BCUT2D eigenvalue weighted by Crippen LogP contribution is -2.47. The Morgan fingerprint density at radius 1 is 1.05 bits per heavy atom. The number of hydrogen-bond acceptors (Lipinski definition) is 3. The van der Waals surface area contributed by atoms with Crippen molar-refractivity contribution >= 4 is 0 Å². The van der Waals surface area contributed by atoms with E-state index in [0.29, 0.717) is 5.57 Å². The summed E-state index contributed by atoms with van der Waals surface area (Å²) >= 11 is 0. The molecule has 3 nitrogen and oxygen atoms in total. The van der Waals surface area contributed by atoms with Gasteiger partial charge in [-0.15, -0.1) is 0 Å². The molecule has 1 N–H and O–H groups in total. The van der Waals surface area contributed by atoms with E-state index in [2.05, 4.69) is 11.4 Å². The van der Waals surface area contributed by atoms with Crippen LogP contribution in [0.15, 0.2) is 11.8 Å². The van der Waals surface area contributed by atoms with Gasteiger partial charge in [-0.2, -0.15) is 10.5 Å². The number of nitrogens with zero attached hydrogens (tertiary/aromatic N) is 2. The minimum atomic E-state index is 0.213. The van der Waals surface area contributed by atoms with Gasteiger partial charge in [0.2, 0.25) is 0 Å². The van der Waals surface area contributed by atoms with Crippen molar-refractivity contribution in [2.24, 2.45) is 29.6 Å². The Bertz CT molecular complexity index is 424. The number of nitrogens with one attached hydrogen (secondary N) is 1. The monoisotopic (exact) mass is 255 g/mol. The van der Waals surface area contributed by atoms with Gasteiger partial charge in [-0.05, 0) is 61.7 Å². The third-order valence-corrected chi connectivity index (χ3v) is 5.46. The van der Waals surface area contributed by atoms with Gasteiger partial charge in [0.15, 0.2) is 0 Å². The first kappa shape index (κ1) is 12.5. The Morgan fingerprint density at radius 2 is 1.68 bits per heavy atom. The lowest BCUT2D eigenvalue weighted by Gasteiger charge is -2.54. The van der Waals surface area contributed by atoms with Crippen molar-refractivity contribution in [2.75, 3.05) is 6.54 Å². The first-order valence-electron chi connectivity index (χ1n) is 7.49. The van der Waals surface area contributed by atoms with Crippen molar-refractivity contribution in [3.05, 3.63) is 11.8 Å². The first-order valence-corrected chi connectivity index (χ1v) is 7.49. The van der Waals surface area contributed by atoms with Crippen LogP contribution in [0, 0.1) is 52.3 Å². The molecule has 0 saturated heterocycles. The van der Waals surface area contributed by atoms with Gasteiger partial charge in [-0.25, -0.2) is 0 Å². The van der Waals surface area contributed by atoms with E-state index >= 15 is 0 Å². The maximum atomic E-state index is 8.89. The molecule has 4 saturated carbocycles. The molecule has 0 aliphatic heterocycles. The predicted molar refractivity (Wildman–Crippen MR) is 72.5 cm³/mol. The molecular weight excluding hydrogens is 234 g/mol. The normalized spacial score (nSPS) is 39.7. The molecule has 0 aromatic rings. The van der Waals surface area contributed by atoms with E-state index in [-0.39, 0.29) is 6.42 Å². The summed E-state index contributed by atoms with van der Waals surface area (Å²) in [7, 11) is 0. The maximum Gasteiger partial charge on any atom is 0.0973 e. The zero-order valence-corrected chi connectivity index (χ0v) is 11.3. The molecule has 19 heavy (non-hydrogen) atoms. The SMILES string of the molecule is N#CC/C(C#N)=C/NCC1C2CC3CC(C2)CC1C3. The zero-order valence-electron chi connectivity index (χ0n) is 11.3. The van der Waals surface area contributed by atoms with Gasteiger partial charge in [-0.3, -0.25) is 0 Å². The summed E-state index contributed by atoms with van der Waals surface area (Å²) in [5.74, 6) is 4.66. The van der Waals surface area contributed by atoms with Gasteiger partial charge in [-0.1, -0.05) is 0 Å². The van der Waals surface area contributed by atoms with Crippen LogP contribution in [0.1, 0.15) is 38.5 Å². The fourth-order valence-electron chi connectivity index (χ4n) is 4.90. The molecule has 4 bridgehead atoms. The summed E-state index contributed by atoms with van der Waals surface area (Å²) in [5.41, 5.74) is 0.548. The Morgan fingerprint density at radius 3 is 2.21 bits per heavy atom. The van der Waals surface area contributed by atoms with Crippen molar-refractivity contribution in [2.45, 2.75) is 38.5 Å². The van der Waals surface area contributed by atoms with E-state index in [1.165, 1.54) is 32.1 Å². The van der Waals surface area contributed by atoms with E-state index in [9.17, 15) is 0 Å².